The lowest BCUT2D eigenvalue weighted by Gasteiger charge is -2.13. The Morgan fingerprint density at radius 3 is 2.44 bits per heavy atom. The van der Waals surface area contributed by atoms with Crippen LogP contribution >= 0.6 is 0 Å². The van der Waals surface area contributed by atoms with Crippen molar-refractivity contribution in [2.24, 2.45) is 5.73 Å². The average molecular weight is 130 g/mol. The standard InChI is InChI=1S/C7H18N2/c1-3-7(5-6-8)9-4-2/h7,9H,3-6,8H2,1-2H3. The number of nitrogens with one attached hydrogen (secondary N) is 1. The summed E-state index contributed by atoms with van der Waals surface area (Å²) in [6, 6.07) is 0.639. The summed E-state index contributed by atoms with van der Waals surface area (Å²) >= 11 is 0. The molecule has 0 aliphatic carbocycles. The van der Waals surface area contributed by atoms with Crippen LogP contribution < -0.4 is 11.1 Å². The average Bonchev–Trinajstić information content (AvgIpc) is 1.88. The van der Waals surface area contributed by atoms with Crippen molar-refractivity contribution in [3.8, 4) is 0 Å². The second-order valence-corrected chi connectivity index (χ2v) is 2.24. The molecule has 0 aromatic heterocycles. The first-order valence-corrected chi connectivity index (χ1v) is 3.78. The van der Waals surface area contributed by atoms with Crippen LogP contribution in [0.5, 0.6) is 0 Å². The fourth-order valence-electron chi connectivity index (χ4n) is 0.940. The van der Waals surface area contributed by atoms with Crippen LogP contribution in [0.2, 0.25) is 0 Å². The molecule has 0 aliphatic rings. The van der Waals surface area contributed by atoms with E-state index < -0.39 is 0 Å². The van der Waals surface area contributed by atoms with Gasteiger partial charge in [-0.2, -0.15) is 0 Å². The molecule has 0 bridgehead atoms. The third-order valence-electron chi connectivity index (χ3n) is 1.50. The van der Waals surface area contributed by atoms with Crippen molar-refractivity contribution in [1.82, 2.24) is 5.32 Å². The van der Waals surface area contributed by atoms with Crippen molar-refractivity contribution in [3.63, 3.8) is 0 Å². The molecule has 0 amide bonds. The number of nitrogens with two attached hydrogens (primary N) is 1. The molecule has 0 saturated heterocycles. The van der Waals surface area contributed by atoms with Gasteiger partial charge in [0.2, 0.25) is 0 Å². The van der Waals surface area contributed by atoms with Crippen LogP contribution in [0, 0.1) is 0 Å². The summed E-state index contributed by atoms with van der Waals surface area (Å²) in [6.07, 6.45) is 2.29. The molecule has 56 valence electrons. The summed E-state index contributed by atoms with van der Waals surface area (Å²) in [5, 5.41) is 3.35. The molecule has 0 aliphatic heterocycles. The number of rotatable bonds is 5. The largest absolute Gasteiger partial charge is 0.330 e. The van der Waals surface area contributed by atoms with Gasteiger partial charge in [0.1, 0.15) is 0 Å². The van der Waals surface area contributed by atoms with E-state index in [1.807, 2.05) is 0 Å². The van der Waals surface area contributed by atoms with Crippen molar-refractivity contribution >= 4 is 0 Å². The summed E-state index contributed by atoms with van der Waals surface area (Å²) in [5.74, 6) is 0. The summed E-state index contributed by atoms with van der Waals surface area (Å²) in [6.45, 7) is 6.16. The Hall–Kier alpha value is -0.0800. The smallest absolute Gasteiger partial charge is 0.00763 e. The Bertz CT molecular complexity index is 48.9. The maximum atomic E-state index is 5.40. The number of hydrogen-bond acceptors (Lipinski definition) is 2. The van der Waals surface area contributed by atoms with Gasteiger partial charge in [0.15, 0.2) is 0 Å². The minimum atomic E-state index is 0.639. The van der Waals surface area contributed by atoms with E-state index in [9.17, 15) is 0 Å². The molecule has 2 heteroatoms. The van der Waals surface area contributed by atoms with Gasteiger partial charge in [0.05, 0.1) is 0 Å². The van der Waals surface area contributed by atoms with Gasteiger partial charge in [-0.05, 0) is 25.9 Å². The van der Waals surface area contributed by atoms with E-state index in [1.165, 1.54) is 6.42 Å². The topological polar surface area (TPSA) is 38.0 Å². The summed E-state index contributed by atoms with van der Waals surface area (Å²) < 4.78 is 0. The molecule has 1 atom stereocenters. The molecular weight excluding hydrogens is 112 g/mol. The zero-order valence-electron chi connectivity index (χ0n) is 6.48. The normalized spacial score (nSPS) is 13.7. The molecule has 1 unspecified atom stereocenters. The summed E-state index contributed by atoms with van der Waals surface area (Å²) in [5.41, 5.74) is 5.40. The maximum Gasteiger partial charge on any atom is 0.00763 e. The molecule has 0 rings (SSSR count). The van der Waals surface area contributed by atoms with Crippen LogP contribution in [-0.4, -0.2) is 19.1 Å². The zero-order valence-corrected chi connectivity index (χ0v) is 6.48. The third kappa shape index (κ3) is 4.43. The quantitative estimate of drug-likeness (QED) is 0.575. The van der Waals surface area contributed by atoms with Crippen LogP contribution in [0.4, 0.5) is 0 Å². The van der Waals surface area contributed by atoms with E-state index in [2.05, 4.69) is 19.2 Å². The highest BCUT2D eigenvalue weighted by Crippen LogP contribution is 1.93. The van der Waals surface area contributed by atoms with Crippen molar-refractivity contribution in [2.45, 2.75) is 32.7 Å². The van der Waals surface area contributed by atoms with E-state index in [0.717, 1.165) is 19.5 Å². The van der Waals surface area contributed by atoms with Crippen LogP contribution in [-0.2, 0) is 0 Å². The molecule has 9 heavy (non-hydrogen) atoms. The van der Waals surface area contributed by atoms with Gasteiger partial charge in [-0.15, -0.1) is 0 Å². The van der Waals surface area contributed by atoms with E-state index in [0.29, 0.717) is 6.04 Å². The van der Waals surface area contributed by atoms with Gasteiger partial charge in [0.25, 0.3) is 0 Å². The van der Waals surface area contributed by atoms with Crippen LogP contribution in [0.15, 0.2) is 0 Å². The van der Waals surface area contributed by atoms with E-state index >= 15 is 0 Å². The first-order valence-electron chi connectivity index (χ1n) is 3.78. The molecule has 0 aromatic carbocycles. The Balaban J connectivity index is 3.18. The van der Waals surface area contributed by atoms with Gasteiger partial charge in [0, 0.05) is 6.04 Å². The van der Waals surface area contributed by atoms with E-state index in [4.69, 9.17) is 5.73 Å². The number of hydrogen-bond donors (Lipinski definition) is 2. The highest BCUT2D eigenvalue weighted by atomic mass is 14.9. The van der Waals surface area contributed by atoms with Crippen LogP contribution in [0.1, 0.15) is 26.7 Å². The van der Waals surface area contributed by atoms with Gasteiger partial charge >= 0.3 is 0 Å². The fourth-order valence-corrected chi connectivity index (χ4v) is 0.940. The van der Waals surface area contributed by atoms with Gasteiger partial charge in [-0.1, -0.05) is 13.8 Å². The first-order chi connectivity index (χ1) is 4.35. The highest BCUT2D eigenvalue weighted by Gasteiger charge is 1.99. The van der Waals surface area contributed by atoms with Crippen molar-refractivity contribution in [1.29, 1.82) is 0 Å². The maximum absolute atomic E-state index is 5.40. The second-order valence-electron chi connectivity index (χ2n) is 2.24. The van der Waals surface area contributed by atoms with Gasteiger partial charge < -0.3 is 11.1 Å². The highest BCUT2D eigenvalue weighted by molar-refractivity contribution is 4.62. The van der Waals surface area contributed by atoms with Crippen LogP contribution in [0.25, 0.3) is 0 Å². The van der Waals surface area contributed by atoms with Crippen molar-refractivity contribution in [3.05, 3.63) is 0 Å². The van der Waals surface area contributed by atoms with Crippen molar-refractivity contribution in [2.75, 3.05) is 13.1 Å². The Labute approximate surface area is 57.8 Å². The first kappa shape index (κ1) is 8.92. The fraction of sp³-hybridized carbons (Fsp3) is 1.00. The lowest BCUT2D eigenvalue weighted by Crippen LogP contribution is -2.30. The molecule has 0 fully saturated rings. The SMILES string of the molecule is CCNC(CC)CCN. The van der Waals surface area contributed by atoms with Gasteiger partial charge in [-0.3, -0.25) is 0 Å². The predicted molar refractivity (Wildman–Crippen MR) is 41.4 cm³/mol. The summed E-state index contributed by atoms with van der Waals surface area (Å²) in [7, 11) is 0. The lowest BCUT2D eigenvalue weighted by molar-refractivity contribution is 0.486. The van der Waals surface area contributed by atoms with Crippen molar-refractivity contribution < 1.29 is 0 Å². The molecule has 3 N–H and O–H groups in total. The Kier molecular flexibility index (Phi) is 5.99. The third-order valence-corrected chi connectivity index (χ3v) is 1.50. The minimum absolute atomic E-state index is 0.639. The molecule has 0 heterocycles. The predicted octanol–water partition coefficient (Wildman–Crippen LogP) is 0.723. The monoisotopic (exact) mass is 130 g/mol. The zero-order chi connectivity index (χ0) is 7.11. The molecule has 2 nitrogen and oxygen atoms in total. The molecule has 0 spiro atoms. The van der Waals surface area contributed by atoms with Crippen LogP contribution in [0.3, 0.4) is 0 Å². The summed E-state index contributed by atoms with van der Waals surface area (Å²) in [4.78, 5) is 0. The molecule has 0 radical (unpaired) electrons. The lowest BCUT2D eigenvalue weighted by atomic mass is 10.1. The minimum Gasteiger partial charge on any atom is -0.330 e. The Morgan fingerprint density at radius 1 is 1.44 bits per heavy atom. The molecule has 0 aromatic rings. The van der Waals surface area contributed by atoms with E-state index in [1.54, 1.807) is 0 Å². The van der Waals surface area contributed by atoms with Gasteiger partial charge in [-0.25, -0.2) is 0 Å². The molecule has 0 saturated carbocycles. The second kappa shape index (κ2) is 6.05. The van der Waals surface area contributed by atoms with E-state index in [-0.39, 0.29) is 0 Å². The molecular formula is C7H18N2. The Morgan fingerprint density at radius 2 is 2.11 bits per heavy atom.